The van der Waals surface area contributed by atoms with Crippen LogP contribution in [0.15, 0.2) is 24.4 Å². The van der Waals surface area contributed by atoms with Crippen LogP contribution in [0.5, 0.6) is 0 Å². The third-order valence-corrected chi connectivity index (χ3v) is 3.89. The summed E-state index contributed by atoms with van der Waals surface area (Å²) in [5.74, 6) is 0. The number of rotatable bonds is 8. The lowest BCUT2D eigenvalue weighted by atomic mass is 10.1. The van der Waals surface area contributed by atoms with Crippen molar-refractivity contribution in [3.05, 3.63) is 35.5 Å². The van der Waals surface area contributed by atoms with Crippen molar-refractivity contribution in [3.63, 3.8) is 0 Å². The zero-order valence-corrected chi connectivity index (χ0v) is 14.4. The Morgan fingerprint density at radius 1 is 1.18 bits per heavy atom. The lowest BCUT2D eigenvalue weighted by molar-refractivity contribution is -0.145. The van der Waals surface area contributed by atoms with Crippen molar-refractivity contribution in [1.82, 2.24) is 9.47 Å². The average Bonchev–Trinajstić information content (AvgIpc) is 2.75. The van der Waals surface area contributed by atoms with Crippen LogP contribution in [0.2, 0.25) is 0 Å². The molecule has 22 heavy (non-hydrogen) atoms. The zero-order valence-electron chi connectivity index (χ0n) is 14.4. The minimum Gasteiger partial charge on any atom is -0.352 e. The van der Waals surface area contributed by atoms with Crippen LogP contribution in [0, 0.1) is 6.92 Å². The molecule has 0 bridgehead atoms. The standard InChI is InChI=1S/C18H28N2O2/c1-6-21-17(22-7-2)13-19(4)12-15-9-8-10-16-14(3)11-20(5)18(15)16/h8-11,17H,6-7,12-13H2,1-5H3. The Hall–Kier alpha value is -1.36. The maximum atomic E-state index is 5.64. The number of para-hydroxylation sites is 1. The third-order valence-electron chi connectivity index (χ3n) is 3.89. The number of likely N-dealkylation sites (N-methyl/N-ethyl adjacent to an activating group) is 1. The van der Waals surface area contributed by atoms with Gasteiger partial charge in [-0.25, -0.2) is 0 Å². The summed E-state index contributed by atoms with van der Waals surface area (Å²) in [6, 6.07) is 6.53. The second-order valence-electron chi connectivity index (χ2n) is 5.77. The molecular weight excluding hydrogens is 276 g/mol. The summed E-state index contributed by atoms with van der Waals surface area (Å²) in [4.78, 5) is 2.26. The Labute approximate surface area is 133 Å². The van der Waals surface area contributed by atoms with Crippen LogP contribution in [-0.4, -0.2) is 42.6 Å². The fourth-order valence-electron chi connectivity index (χ4n) is 3.01. The summed E-state index contributed by atoms with van der Waals surface area (Å²) in [5, 5.41) is 1.33. The molecule has 0 N–H and O–H groups in total. The van der Waals surface area contributed by atoms with Crippen molar-refractivity contribution < 1.29 is 9.47 Å². The van der Waals surface area contributed by atoms with Gasteiger partial charge >= 0.3 is 0 Å². The molecule has 4 heteroatoms. The highest BCUT2D eigenvalue weighted by molar-refractivity contribution is 5.86. The number of benzene rings is 1. The summed E-state index contributed by atoms with van der Waals surface area (Å²) < 4.78 is 13.5. The highest BCUT2D eigenvalue weighted by Crippen LogP contribution is 2.24. The van der Waals surface area contributed by atoms with Gasteiger partial charge in [-0.1, -0.05) is 18.2 Å². The van der Waals surface area contributed by atoms with Gasteiger partial charge in [0.1, 0.15) is 0 Å². The van der Waals surface area contributed by atoms with Crippen molar-refractivity contribution in [1.29, 1.82) is 0 Å². The molecule has 0 radical (unpaired) electrons. The number of hydrogen-bond donors (Lipinski definition) is 0. The van der Waals surface area contributed by atoms with Gasteiger partial charge < -0.3 is 14.0 Å². The second kappa shape index (κ2) is 7.77. The molecule has 0 spiro atoms. The molecule has 0 saturated heterocycles. The maximum Gasteiger partial charge on any atom is 0.170 e. The molecule has 0 atom stereocenters. The van der Waals surface area contributed by atoms with Gasteiger partial charge in [0, 0.05) is 44.9 Å². The van der Waals surface area contributed by atoms with E-state index in [0.717, 1.165) is 13.1 Å². The van der Waals surface area contributed by atoms with Crippen molar-refractivity contribution in [2.75, 3.05) is 26.8 Å². The minimum absolute atomic E-state index is 0.158. The molecule has 0 fully saturated rings. The summed E-state index contributed by atoms with van der Waals surface area (Å²) in [6.45, 7) is 9.15. The first-order chi connectivity index (χ1) is 10.6. The molecule has 1 aromatic carbocycles. The number of ether oxygens (including phenoxy) is 2. The molecule has 0 aliphatic carbocycles. The first kappa shape index (κ1) is 17.0. The Morgan fingerprint density at radius 2 is 1.86 bits per heavy atom. The fourth-order valence-corrected chi connectivity index (χ4v) is 3.01. The van der Waals surface area contributed by atoms with Crippen molar-refractivity contribution in [2.24, 2.45) is 7.05 Å². The summed E-state index contributed by atoms with van der Waals surface area (Å²) in [6.07, 6.45) is 2.03. The Bertz CT molecular complexity index is 600. The van der Waals surface area contributed by atoms with E-state index in [1.54, 1.807) is 0 Å². The number of aromatic nitrogens is 1. The molecule has 1 aromatic heterocycles. The molecular formula is C18H28N2O2. The van der Waals surface area contributed by atoms with E-state index in [0.29, 0.717) is 13.2 Å². The van der Waals surface area contributed by atoms with Crippen LogP contribution in [0.25, 0.3) is 10.9 Å². The van der Waals surface area contributed by atoms with Gasteiger partial charge in [0.25, 0.3) is 0 Å². The van der Waals surface area contributed by atoms with Crippen LogP contribution in [-0.2, 0) is 23.1 Å². The maximum absolute atomic E-state index is 5.64. The first-order valence-corrected chi connectivity index (χ1v) is 8.02. The van der Waals surface area contributed by atoms with Gasteiger partial charge in [-0.15, -0.1) is 0 Å². The van der Waals surface area contributed by atoms with Crippen LogP contribution in [0.4, 0.5) is 0 Å². The van der Waals surface area contributed by atoms with Gasteiger partial charge in [-0.2, -0.15) is 0 Å². The molecule has 1 heterocycles. The lowest BCUT2D eigenvalue weighted by Crippen LogP contribution is -2.33. The number of hydrogen-bond acceptors (Lipinski definition) is 3. The average molecular weight is 304 g/mol. The molecule has 0 unspecified atom stereocenters. The third kappa shape index (κ3) is 3.88. The fraction of sp³-hybridized carbons (Fsp3) is 0.556. The topological polar surface area (TPSA) is 26.6 Å². The molecule has 0 amide bonds. The molecule has 0 saturated carbocycles. The molecule has 2 rings (SSSR count). The number of nitrogens with zero attached hydrogens (tertiary/aromatic N) is 2. The van der Waals surface area contributed by atoms with E-state index >= 15 is 0 Å². The van der Waals surface area contributed by atoms with Crippen LogP contribution in [0.1, 0.15) is 25.0 Å². The molecule has 0 aliphatic heterocycles. The van der Waals surface area contributed by atoms with E-state index in [-0.39, 0.29) is 6.29 Å². The molecule has 122 valence electrons. The minimum atomic E-state index is -0.158. The van der Waals surface area contributed by atoms with E-state index in [9.17, 15) is 0 Å². The highest BCUT2D eigenvalue weighted by atomic mass is 16.7. The summed E-state index contributed by atoms with van der Waals surface area (Å²) in [5.41, 5.74) is 3.97. The van der Waals surface area contributed by atoms with Gasteiger partial charge in [0.15, 0.2) is 6.29 Å². The SMILES string of the molecule is CCOC(CN(C)Cc1cccc2c(C)cn(C)c12)OCC. The lowest BCUT2D eigenvalue weighted by Gasteiger charge is -2.24. The van der Waals surface area contributed by atoms with Gasteiger partial charge in [0.2, 0.25) is 0 Å². The van der Waals surface area contributed by atoms with Gasteiger partial charge in [-0.3, -0.25) is 4.90 Å². The predicted molar refractivity (Wildman–Crippen MR) is 91.0 cm³/mol. The van der Waals surface area contributed by atoms with Crippen LogP contribution < -0.4 is 0 Å². The largest absolute Gasteiger partial charge is 0.352 e. The van der Waals surface area contributed by atoms with Crippen molar-refractivity contribution in [2.45, 2.75) is 33.6 Å². The van der Waals surface area contributed by atoms with Crippen LogP contribution in [0.3, 0.4) is 0 Å². The quantitative estimate of drug-likeness (QED) is 0.700. The summed E-state index contributed by atoms with van der Waals surface area (Å²) in [7, 11) is 4.22. The summed E-state index contributed by atoms with van der Waals surface area (Å²) >= 11 is 0. The Balaban J connectivity index is 2.13. The number of fused-ring (bicyclic) bond motifs is 1. The van der Waals surface area contributed by atoms with E-state index in [4.69, 9.17) is 9.47 Å². The van der Waals surface area contributed by atoms with E-state index in [2.05, 4.69) is 54.9 Å². The first-order valence-electron chi connectivity index (χ1n) is 8.02. The highest BCUT2D eigenvalue weighted by Gasteiger charge is 2.14. The van der Waals surface area contributed by atoms with Crippen molar-refractivity contribution >= 4 is 10.9 Å². The van der Waals surface area contributed by atoms with E-state index in [1.165, 1.54) is 22.0 Å². The van der Waals surface area contributed by atoms with Crippen molar-refractivity contribution in [3.8, 4) is 0 Å². The molecule has 2 aromatic rings. The zero-order chi connectivity index (χ0) is 16.1. The van der Waals surface area contributed by atoms with E-state index in [1.807, 2.05) is 13.8 Å². The smallest absolute Gasteiger partial charge is 0.170 e. The van der Waals surface area contributed by atoms with Gasteiger partial charge in [0.05, 0.1) is 5.52 Å². The molecule has 4 nitrogen and oxygen atoms in total. The Morgan fingerprint density at radius 3 is 2.50 bits per heavy atom. The molecule has 0 aliphatic rings. The predicted octanol–water partition coefficient (Wildman–Crippen LogP) is 3.32. The monoisotopic (exact) mass is 304 g/mol. The second-order valence-corrected chi connectivity index (χ2v) is 5.77. The van der Waals surface area contributed by atoms with Crippen LogP contribution >= 0.6 is 0 Å². The number of aryl methyl sites for hydroxylation is 2. The van der Waals surface area contributed by atoms with Gasteiger partial charge in [-0.05, 0) is 38.9 Å². The Kier molecular flexibility index (Phi) is 6.00. The van der Waals surface area contributed by atoms with E-state index < -0.39 is 0 Å². The normalized spacial score (nSPS) is 12.0.